The zero-order valence-corrected chi connectivity index (χ0v) is 10.9. The number of nitrogens with one attached hydrogen (secondary N) is 1. The number of rotatable bonds is 8. The number of hydrogen-bond acceptors (Lipinski definition) is 4. The van der Waals surface area contributed by atoms with E-state index in [0.717, 1.165) is 24.3 Å². The first-order chi connectivity index (χ1) is 8.26. The number of nitrogens with zero attached hydrogens (tertiary/aromatic N) is 1. The highest BCUT2D eigenvalue weighted by Gasteiger charge is 2.02. The van der Waals surface area contributed by atoms with E-state index >= 15 is 0 Å². The Bertz CT molecular complexity index is 301. The van der Waals surface area contributed by atoms with Crippen molar-refractivity contribution >= 4 is 5.82 Å². The molecule has 0 aliphatic heterocycles. The molecular formula is C13H22N2O2. The molecule has 0 aliphatic rings. The molecular weight excluding hydrogens is 216 g/mol. The Morgan fingerprint density at radius 1 is 1.41 bits per heavy atom. The summed E-state index contributed by atoms with van der Waals surface area (Å²) in [5.74, 6) is 0.917. The molecule has 0 saturated heterocycles. The van der Waals surface area contributed by atoms with Gasteiger partial charge in [-0.1, -0.05) is 13.0 Å². The fraction of sp³-hybridized carbons (Fsp3) is 0.615. The summed E-state index contributed by atoms with van der Waals surface area (Å²) in [5, 5.41) is 3.23. The van der Waals surface area contributed by atoms with Crippen LogP contribution >= 0.6 is 0 Å². The van der Waals surface area contributed by atoms with E-state index < -0.39 is 0 Å². The van der Waals surface area contributed by atoms with E-state index in [1.807, 2.05) is 25.3 Å². The van der Waals surface area contributed by atoms with E-state index in [0.29, 0.717) is 13.2 Å². The molecule has 1 unspecified atom stereocenters. The van der Waals surface area contributed by atoms with Crippen LogP contribution in [0.1, 0.15) is 25.8 Å². The fourth-order valence-corrected chi connectivity index (χ4v) is 1.39. The Balaban J connectivity index is 2.34. The molecule has 0 fully saturated rings. The van der Waals surface area contributed by atoms with E-state index in [-0.39, 0.29) is 6.10 Å². The number of methoxy groups -OCH3 is 1. The van der Waals surface area contributed by atoms with Crippen molar-refractivity contribution < 1.29 is 9.47 Å². The van der Waals surface area contributed by atoms with Gasteiger partial charge in [-0.25, -0.2) is 4.98 Å². The normalized spacial score (nSPS) is 12.4. The molecule has 4 heteroatoms. The molecule has 1 heterocycles. The van der Waals surface area contributed by atoms with Crippen molar-refractivity contribution in [3.05, 3.63) is 23.9 Å². The lowest BCUT2D eigenvalue weighted by molar-refractivity contribution is -0.000210. The Morgan fingerprint density at radius 2 is 2.24 bits per heavy atom. The first-order valence-electron chi connectivity index (χ1n) is 6.05. The lowest BCUT2D eigenvalue weighted by Crippen LogP contribution is -2.14. The highest BCUT2D eigenvalue weighted by atomic mass is 16.5. The van der Waals surface area contributed by atoms with E-state index in [2.05, 4.69) is 17.2 Å². The fourth-order valence-electron chi connectivity index (χ4n) is 1.39. The third kappa shape index (κ3) is 5.65. The van der Waals surface area contributed by atoms with Crippen molar-refractivity contribution in [1.82, 2.24) is 4.98 Å². The van der Waals surface area contributed by atoms with Gasteiger partial charge in [0.2, 0.25) is 0 Å². The maximum Gasteiger partial charge on any atom is 0.125 e. The first kappa shape index (κ1) is 13.9. The summed E-state index contributed by atoms with van der Waals surface area (Å²) >= 11 is 0. The van der Waals surface area contributed by atoms with Crippen LogP contribution in [0.5, 0.6) is 0 Å². The number of aromatic nitrogens is 1. The number of hydrogen-bond donors (Lipinski definition) is 1. The molecule has 96 valence electrons. The van der Waals surface area contributed by atoms with Crippen LogP contribution in [0.4, 0.5) is 5.82 Å². The van der Waals surface area contributed by atoms with Gasteiger partial charge in [-0.15, -0.1) is 0 Å². The van der Waals surface area contributed by atoms with Gasteiger partial charge in [0.1, 0.15) is 5.82 Å². The van der Waals surface area contributed by atoms with Crippen molar-refractivity contribution in [2.45, 2.75) is 33.0 Å². The lowest BCUT2D eigenvalue weighted by atomic mass is 10.3. The van der Waals surface area contributed by atoms with Crippen LogP contribution in [-0.2, 0) is 16.1 Å². The standard InChI is InChI=1S/C13H22N2O2/c1-4-7-14-13-6-5-12(8-15-13)10-17-11(2)9-16-3/h5-6,8,11H,4,7,9-10H2,1-3H3,(H,14,15). The summed E-state index contributed by atoms with van der Waals surface area (Å²) in [6.45, 7) is 6.27. The zero-order valence-electron chi connectivity index (χ0n) is 10.9. The van der Waals surface area contributed by atoms with Gasteiger partial charge in [0.15, 0.2) is 0 Å². The number of pyridine rings is 1. The van der Waals surface area contributed by atoms with Gasteiger partial charge in [-0.3, -0.25) is 0 Å². The second kappa shape index (κ2) is 8.03. The topological polar surface area (TPSA) is 43.4 Å². The van der Waals surface area contributed by atoms with Crippen LogP contribution in [-0.4, -0.2) is 31.3 Å². The molecule has 1 atom stereocenters. The highest BCUT2D eigenvalue weighted by Crippen LogP contribution is 2.07. The monoisotopic (exact) mass is 238 g/mol. The Morgan fingerprint density at radius 3 is 2.82 bits per heavy atom. The van der Waals surface area contributed by atoms with Gasteiger partial charge in [0.25, 0.3) is 0 Å². The summed E-state index contributed by atoms with van der Waals surface area (Å²) in [6.07, 6.45) is 3.05. The quantitative estimate of drug-likeness (QED) is 0.755. The molecule has 1 N–H and O–H groups in total. The minimum absolute atomic E-state index is 0.109. The summed E-state index contributed by atoms with van der Waals surface area (Å²) in [4.78, 5) is 4.32. The molecule has 1 aromatic rings. The predicted octanol–water partition coefficient (Wildman–Crippen LogP) is 2.46. The summed E-state index contributed by atoms with van der Waals surface area (Å²) in [5.41, 5.74) is 1.08. The van der Waals surface area contributed by atoms with Crippen molar-refractivity contribution in [2.24, 2.45) is 0 Å². The average Bonchev–Trinajstić information content (AvgIpc) is 2.35. The molecule has 0 bridgehead atoms. The van der Waals surface area contributed by atoms with Crippen LogP contribution in [0.25, 0.3) is 0 Å². The van der Waals surface area contributed by atoms with E-state index in [4.69, 9.17) is 9.47 Å². The van der Waals surface area contributed by atoms with Gasteiger partial charge in [0, 0.05) is 19.9 Å². The second-order valence-corrected chi connectivity index (χ2v) is 4.06. The lowest BCUT2D eigenvalue weighted by Gasteiger charge is -2.12. The third-order valence-electron chi connectivity index (χ3n) is 2.32. The highest BCUT2D eigenvalue weighted by molar-refractivity contribution is 5.35. The molecule has 0 aromatic carbocycles. The maximum atomic E-state index is 5.60. The van der Waals surface area contributed by atoms with Crippen molar-refractivity contribution in [3.63, 3.8) is 0 Å². The van der Waals surface area contributed by atoms with Crippen LogP contribution in [0.2, 0.25) is 0 Å². The summed E-state index contributed by atoms with van der Waals surface area (Å²) in [6, 6.07) is 4.01. The number of ether oxygens (including phenoxy) is 2. The molecule has 4 nitrogen and oxygen atoms in total. The molecule has 0 aliphatic carbocycles. The zero-order chi connectivity index (χ0) is 12.5. The van der Waals surface area contributed by atoms with Gasteiger partial charge in [0.05, 0.1) is 19.3 Å². The number of anilines is 1. The van der Waals surface area contributed by atoms with Crippen molar-refractivity contribution in [2.75, 3.05) is 25.6 Å². The molecule has 0 saturated carbocycles. The molecule has 0 spiro atoms. The summed E-state index contributed by atoms with van der Waals surface area (Å²) < 4.78 is 10.6. The van der Waals surface area contributed by atoms with Gasteiger partial charge < -0.3 is 14.8 Å². The van der Waals surface area contributed by atoms with Crippen LogP contribution in [0.15, 0.2) is 18.3 Å². The van der Waals surface area contributed by atoms with Crippen LogP contribution in [0.3, 0.4) is 0 Å². The predicted molar refractivity (Wildman–Crippen MR) is 69.1 cm³/mol. The molecule has 1 aromatic heterocycles. The average molecular weight is 238 g/mol. The van der Waals surface area contributed by atoms with Gasteiger partial charge in [-0.05, 0) is 25.0 Å². The van der Waals surface area contributed by atoms with Crippen molar-refractivity contribution in [1.29, 1.82) is 0 Å². The van der Waals surface area contributed by atoms with Crippen LogP contribution < -0.4 is 5.32 Å². The largest absolute Gasteiger partial charge is 0.382 e. The summed E-state index contributed by atoms with van der Waals surface area (Å²) in [7, 11) is 1.68. The van der Waals surface area contributed by atoms with Crippen molar-refractivity contribution in [3.8, 4) is 0 Å². The molecule has 1 rings (SSSR count). The van der Waals surface area contributed by atoms with Gasteiger partial charge >= 0.3 is 0 Å². The minimum Gasteiger partial charge on any atom is -0.382 e. The Kier molecular flexibility index (Phi) is 6.58. The Hall–Kier alpha value is -1.13. The third-order valence-corrected chi connectivity index (χ3v) is 2.32. The maximum absolute atomic E-state index is 5.60. The van der Waals surface area contributed by atoms with E-state index in [1.165, 1.54) is 0 Å². The molecule has 17 heavy (non-hydrogen) atoms. The Labute approximate surface area is 103 Å². The first-order valence-corrected chi connectivity index (χ1v) is 6.05. The molecule has 0 amide bonds. The van der Waals surface area contributed by atoms with Crippen LogP contribution in [0, 0.1) is 0 Å². The minimum atomic E-state index is 0.109. The SMILES string of the molecule is CCCNc1ccc(COC(C)COC)cn1. The second-order valence-electron chi connectivity index (χ2n) is 4.06. The van der Waals surface area contributed by atoms with Gasteiger partial charge in [-0.2, -0.15) is 0 Å². The smallest absolute Gasteiger partial charge is 0.125 e. The van der Waals surface area contributed by atoms with E-state index in [1.54, 1.807) is 7.11 Å². The van der Waals surface area contributed by atoms with E-state index in [9.17, 15) is 0 Å². The molecule has 0 radical (unpaired) electrons.